The zero-order chi connectivity index (χ0) is 14.4. The van der Waals surface area contributed by atoms with Gasteiger partial charge in [0.25, 0.3) is 5.91 Å². The van der Waals surface area contributed by atoms with Crippen LogP contribution in [0.4, 0.5) is 4.39 Å². The van der Waals surface area contributed by atoms with Gasteiger partial charge in [-0.3, -0.25) is 9.59 Å². The molecule has 0 aliphatic rings. The van der Waals surface area contributed by atoms with Gasteiger partial charge in [0.15, 0.2) is 0 Å². The number of nitrogens with two attached hydrogens (primary N) is 1. The monoisotopic (exact) mass is 264 g/mol. The van der Waals surface area contributed by atoms with E-state index >= 15 is 0 Å². The molecule has 0 aromatic heterocycles. The van der Waals surface area contributed by atoms with E-state index in [0.717, 1.165) is 5.57 Å². The first kappa shape index (κ1) is 14.9. The molecule has 1 aromatic rings. The van der Waals surface area contributed by atoms with Crippen LogP contribution in [0.1, 0.15) is 30.6 Å². The van der Waals surface area contributed by atoms with Crippen LogP contribution in [0.25, 0.3) is 0 Å². The molecule has 0 saturated heterocycles. The maximum atomic E-state index is 13.4. The van der Waals surface area contributed by atoms with Crippen molar-refractivity contribution in [2.45, 2.75) is 26.3 Å². The van der Waals surface area contributed by atoms with E-state index in [1.807, 2.05) is 13.8 Å². The first-order valence-corrected chi connectivity index (χ1v) is 5.90. The lowest BCUT2D eigenvalue weighted by Crippen LogP contribution is -2.44. The predicted octanol–water partition coefficient (Wildman–Crippen LogP) is 1.77. The van der Waals surface area contributed by atoms with Crippen LogP contribution in [0.5, 0.6) is 0 Å². The van der Waals surface area contributed by atoms with Crippen LogP contribution in [0.15, 0.2) is 35.9 Å². The highest BCUT2D eigenvalue weighted by Crippen LogP contribution is 2.07. The fraction of sp³-hybridized carbons (Fsp3) is 0.286. The van der Waals surface area contributed by atoms with Crippen LogP contribution in [0.2, 0.25) is 0 Å². The Labute approximate surface area is 111 Å². The molecule has 1 aromatic carbocycles. The molecule has 0 aliphatic heterocycles. The Bertz CT molecular complexity index is 508. The largest absolute Gasteiger partial charge is 0.368 e. The van der Waals surface area contributed by atoms with Gasteiger partial charge in [0, 0.05) is 0 Å². The van der Waals surface area contributed by atoms with Crippen LogP contribution < -0.4 is 11.1 Å². The van der Waals surface area contributed by atoms with E-state index in [4.69, 9.17) is 5.73 Å². The minimum absolute atomic E-state index is 0.106. The van der Waals surface area contributed by atoms with E-state index in [2.05, 4.69) is 5.32 Å². The van der Waals surface area contributed by atoms with Gasteiger partial charge in [0.1, 0.15) is 11.9 Å². The molecule has 1 atom stereocenters. The number of hydrogen-bond acceptors (Lipinski definition) is 2. The Morgan fingerprint density at radius 3 is 2.53 bits per heavy atom. The number of carbonyl (C=O) groups is 2. The molecular formula is C14H17FN2O2. The minimum Gasteiger partial charge on any atom is -0.368 e. The number of benzene rings is 1. The van der Waals surface area contributed by atoms with E-state index in [9.17, 15) is 14.0 Å². The van der Waals surface area contributed by atoms with Crippen molar-refractivity contribution in [1.29, 1.82) is 0 Å². The quantitative estimate of drug-likeness (QED) is 0.795. The molecule has 3 N–H and O–H groups in total. The molecule has 0 radical (unpaired) electrons. The fourth-order valence-corrected chi connectivity index (χ4v) is 1.48. The van der Waals surface area contributed by atoms with Crippen molar-refractivity contribution in [3.63, 3.8) is 0 Å². The van der Waals surface area contributed by atoms with E-state index in [-0.39, 0.29) is 12.0 Å². The van der Waals surface area contributed by atoms with Crippen LogP contribution >= 0.6 is 0 Å². The number of halogens is 1. The standard InChI is InChI=1S/C14H17FN2O2/c1-9(2)7-8-12(13(16)18)17-14(19)10-5-3-4-6-11(10)15/h3-7,12H,8H2,1-2H3,(H2,16,18)(H,17,19)/t12-/m1/s1. The Morgan fingerprint density at radius 2 is 2.00 bits per heavy atom. The van der Waals surface area contributed by atoms with Crippen molar-refractivity contribution >= 4 is 11.8 Å². The van der Waals surface area contributed by atoms with Crippen LogP contribution in [0, 0.1) is 5.82 Å². The summed E-state index contributed by atoms with van der Waals surface area (Å²) >= 11 is 0. The predicted molar refractivity (Wildman–Crippen MR) is 70.9 cm³/mol. The molecule has 0 unspecified atom stereocenters. The molecule has 1 rings (SSSR count). The number of amides is 2. The first-order chi connectivity index (χ1) is 8.91. The third-order valence-corrected chi connectivity index (χ3v) is 2.53. The highest BCUT2D eigenvalue weighted by atomic mass is 19.1. The summed E-state index contributed by atoms with van der Waals surface area (Å²) in [4.78, 5) is 23.1. The lowest BCUT2D eigenvalue weighted by Gasteiger charge is -2.14. The summed E-state index contributed by atoms with van der Waals surface area (Å²) in [6.45, 7) is 3.74. The first-order valence-electron chi connectivity index (χ1n) is 5.90. The number of hydrogen-bond donors (Lipinski definition) is 2. The van der Waals surface area contributed by atoms with Crippen molar-refractivity contribution in [3.8, 4) is 0 Å². The molecule has 4 nitrogen and oxygen atoms in total. The van der Waals surface area contributed by atoms with Gasteiger partial charge in [0.05, 0.1) is 5.56 Å². The summed E-state index contributed by atoms with van der Waals surface area (Å²) in [5.41, 5.74) is 6.11. The Balaban J connectivity index is 2.80. The van der Waals surface area contributed by atoms with Gasteiger partial charge in [-0.15, -0.1) is 0 Å². The molecule has 5 heteroatoms. The zero-order valence-electron chi connectivity index (χ0n) is 10.9. The highest BCUT2D eigenvalue weighted by molar-refractivity contribution is 5.97. The summed E-state index contributed by atoms with van der Waals surface area (Å²) in [7, 11) is 0. The Hall–Kier alpha value is -2.17. The number of rotatable bonds is 5. The molecular weight excluding hydrogens is 247 g/mol. The second-order valence-electron chi connectivity index (χ2n) is 4.43. The summed E-state index contributed by atoms with van der Waals surface area (Å²) in [5, 5.41) is 2.43. The van der Waals surface area contributed by atoms with Gasteiger partial charge in [0.2, 0.25) is 5.91 Å². The van der Waals surface area contributed by atoms with Gasteiger partial charge >= 0.3 is 0 Å². The molecule has 19 heavy (non-hydrogen) atoms. The molecule has 0 saturated carbocycles. The summed E-state index contributed by atoms with van der Waals surface area (Å²) in [5.74, 6) is -1.93. The van der Waals surface area contributed by atoms with E-state index < -0.39 is 23.7 Å². The van der Waals surface area contributed by atoms with E-state index in [1.165, 1.54) is 18.2 Å². The third kappa shape index (κ3) is 4.54. The topological polar surface area (TPSA) is 72.2 Å². The van der Waals surface area contributed by atoms with Gasteiger partial charge in [-0.2, -0.15) is 0 Å². The molecule has 102 valence electrons. The molecule has 0 aliphatic carbocycles. The molecule has 0 heterocycles. The summed E-state index contributed by atoms with van der Waals surface area (Å²) in [6.07, 6.45) is 2.08. The lowest BCUT2D eigenvalue weighted by molar-refractivity contribution is -0.119. The van der Waals surface area contributed by atoms with E-state index in [1.54, 1.807) is 12.1 Å². The van der Waals surface area contributed by atoms with E-state index in [0.29, 0.717) is 0 Å². The van der Waals surface area contributed by atoms with Gasteiger partial charge in [-0.25, -0.2) is 4.39 Å². The Kier molecular flexibility index (Phi) is 5.23. The minimum atomic E-state index is -0.845. The molecule has 0 bridgehead atoms. The van der Waals surface area contributed by atoms with Crippen molar-refractivity contribution in [2.75, 3.05) is 0 Å². The maximum absolute atomic E-state index is 13.4. The van der Waals surface area contributed by atoms with Crippen LogP contribution in [0.3, 0.4) is 0 Å². The lowest BCUT2D eigenvalue weighted by atomic mass is 10.1. The number of primary amides is 1. The summed E-state index contributed by atoms with van der Waals surface area (Å²) < 4.78 is 13.4. The van der Waals surface area contributed by atoms with Gasteiger partial charge < -0.3 is 11.1 Å². The van der Waals surface area contributed by atoms with Crippen molar-refractivity contribution in [1.82, 2.24) is 5.32 Å². The second kappa shape index (κ2) is 6.68. The third-order valence-electron chi connectivity index (χ3n) is 2.53. The van der Waals surface area contributed by atoms with Gasteiger partial charge in [-0.05, 0) is 32.4 Å². The number of allylic oxidation sites excluding steroid dienone is 1. The smallest absolute Gasteiger partial charge is 0.254 e. The normalized spacial score (nSPS) is 11.5. The second-order valence-corrected chi connectivity index (χ2v) is 4.43. The zero-order valence-corrected chi connectivity index (χ0v) is 10.9. The van der Waals surface area contributed by atoms with Crippen molar-refractivity contribution in [2.24, 2.45) is 5.73 Å². The van der Waals surface area contributed by atoms with Crippen LogP contribution in [-0.2, 0) is 4.79 Å². The number of carbonyl (C=O) groups excluding carboxylic acids is 2. The summed E-state index contributed by atoms with van der Waals surface area (Å²) in [6, 6.07) is 4.73. The average molecular weight is 264 g/mol. The molecule has 0 spiro atoms. The van der Waals surface area contributed by atoms with Gasteiger partial charge in [-0.1, -0.05) is 23.8 Å². The highest BCUT2D eigenvalue weighted by Gasteiger charge is 2.19. The van der Waals surface area contributed by atoms with Crippen LogP contribution in [-0.4, -0.2) is 17.9 Å². The number of nitrogens with one attached hydrogen (secondary N) is 1. The van der Waals surface area contributed by atoms with Crippen molar-refractivity contribution < 1.29 is 14.0 Å². The maximum Gasteiger partial charge on any atom is 0.254 e. The van der Waals surface area contributed by atoms with Crippen molar-refractivity contribution in [3.05, 3.63) is 47.3 Å². The molecule has 0 fully saturated rings. The fourth-order valence-electron chi connectivity index (χ4n) is 1.48. The Morgan fingerprint density at radius 1 is 1.37 bits per heavy atom. The SMILES string of the molecule is CC(C)=CC[C@@H](NC(=O)c1ccccc1F)C(N)=O. The molecule has 2 amide bonds. The average Bonchev–Trinajstić information content (AvgIpc) is 2.34.